The first kappa shape index (κ1) is 27.4. The fourth-order valence-corrected chi connectivity index (χ4v) is 5.40. The average Bonchev–Trinajstić information content (AvgIpc) is 3.07. The zero-order valence-electron chi connectivity index (χ0n) is 22.4. The number of carbonyl (C=O) groups is 3. The van der Waals surface area contributed by atoms with E-state index in [0.717, 1.165) is 29.8 Å². The molecule has 38 heavy (non-hydrogen) atoms. The smallest absolute Gasteiger partial charge is 0.341 e. The molecule has 0 radical (unpaired) electrons. The Morgan fingerprint density at radius 3 is 2.32 bits per heavy atom. The van der Waals surface area contributed by atoms with Gasteiger partial charge >= 0.3 is 12.0 Å². The SMILES string of the molecule is COc1ccc(CCN2C(=O)N(CC(C)C)C(=O)C23CCCN(Cc2ccc(OCC(=O)O)cc2)C3)cc1. The number of piperidine rings is 1. The molecule has 2 aliphatic rings. The summed E-state index contributed by atoms with van der Waals surface area (Å²) >= 11 is 0. The van der Waals surface area contributed by atoms with Crippen molar-refractivity contribution in [1.29, 1.82) is 0 Å². The molecule has 0 bridgehead atoms. The number of hydrogen-bond donors (Lipinski definition) is 1. The average molecular weight is 524 g/mol. The van der Waals surface area contributed by atoms with E-state index in [4.69, 9.17) is 14.6 Å². The number of urea groups is 1. The van der Waals surface area contributed by atoms with Crippen molar-refractivity contribution in [2.45, 2.75) is 45.2 Å². The summed E-state index contributed by atoms with van der Waals surface area (Å²) in [6.45, 7) is 6.46. The number of hydrogen-bond acceptors (Lipinski definition) is 6. The van der Waals surface area contributed by atoms with Crippen LogP contribution in [0, 0.1) is 5.92 Å². The number of rotatable bonds is 11. The predicted octanol–water partition coefficient (Wildman–Crippen LogP) is 3.66. The molecule has 1 atom stereocenters. The minimum Gasteiger partial charge on any atom is -0.497 e. The van der Waals surface area contributed by atoms with Crippen LogP contribution in [0.5, 0.6) is 11.5 Å². The molecule has 2 heterocycles. The molecular formula is C29H37N3O6. The maximum absolute atomic E-state index is 13.9. The molecule has 204 valence electrons. The molecular weight excluding hydrogens is 486 g/mol. The van der Waals surface area contributed by atoms with Gasteiger partial charge in [-0.25, -0.2) is 9.59 Å². The van der Waals surface area contributed by atoms with Crippen molar-refractivity contribution in [3.05, 3.63) is 59.7 Å². The van der Waals surface area contributed by atoms with Crippen LogP contribution in [-0.2, 0) is 22.6 Å². The summed E-state index contributed by atoms with van der Waals surface area (Å²) in [4.78, 5) is 43.7. The number of amides is 3. The number of carboxylic acid groups (broad SMARTS) is 1. The summed E-state index contributed by atoms with van der Waals surface area (Å²) in [5.74, 6) is 0.352. The minimum absolute atomic E-state index is 0.0898. The Kier molecular flexibility index (Phi) is 8.56. The molecule has 0 aromatic heterocycles. The second-order valence-corrected chi connectivity index (χ2v) is 10.5. The number of methoxy groups -OCH3 is 1. The molecule has 1 spiro atoms. The van der Waals surface area contributed by atoms with Gasteiger partial charge in [-0.1, -0.05) is 38.1 Å². The van der Waals surface area contributed by atoms with Gasteiger partial charge in [-0.2, -0.15) is 0 Å². The molecule has 2 aromatic carbocycles. The minimum atomic E-state index is -1.02. The van der Waals surface area contributed by atoms with E-state index in [-0.39, 0.29) is 24.5 Å². The summed E-state index contributed by atoms with van der Waals surface area (Å²) in [6, 6.07) is 15.0. The number of ether oxygens (including phenoxy) is 2. The van der Waals surface area contributed by atoms with Crippen molar-refractivity contribution in [3.8, 4) is 11.5 Å². The quantitative estimate of drug-likeness (QED) is 0.449. The van der Waals surface area contributed by atoms with Crippen LogP contribution in [0.3, 0.4) is 0 Å². The number of carboxylic acids is 1. The van der Waals surface area contributed by atoms with Crippen molar-refractivity contribution >= 4 is 17.9 Å². The van der Waals surface area contributed by atoms with Gasteiger partial charge in [0.2, 0.25) is 0 Å². The van der Waals surface area contributed by atoms with E-state index in [0.29, 0.717) is 44.8 Å². The van der Waals surface area contributed by atoms with Gasteiger partial charge in [0.25, 0.3) is 5.91 Å². The number of benzene rings is 2. The van der Waals surface area contributed by atoms with Crippen LogP contribution in [0.4, 0.5) is 4.79 Å². The highest BCUT2D eigenvalue weighted by atomic mass is 16.5. The van der Waals surface area contributed by atoms with Crippen molar-refractivity contribution < 1.29 is 29.0 Å². The number of carbonyl (C=O) groups excluding carboxylic acids is 2. The Bertz CT molecular complexity index is 1130. The Balaban J connectivity index is 1.51. The van der Waals surface area contributed by atoms with Crippen molar-refractivity contribution in [3.63, 3.8) is 0 Å². The molecule has 2 saturated heterocycles. The first-order valence-corrected chi connectivity index (χ1v) is 13.1. The fraction of sp³-hybridized carbons (Fsp3) is 0.483. The highest BCUT2D eigenvalue weighted by Gasteiger charge is 2.58. The lowest BCUT2D eigenvalue weighted by atomic mass is 9.86. The second-order valence-electron chi connectivity index (χ2n) is 10.5. The van der Waals surface area contributed by atoms with Gasteiger partial charge in [0.1, 0.15) is 17.0 Å². The summed E-state index contributed by atoms with van der Waals surface area (Å²) in [7, 11) is 1.63. The Labute approximate surface area is 223 Å². The third-order valence-corrected chi connectivity index (χ3v) is 7.19. The number of aliphatic carboxylic acids is 1. The number of imide groups is 1. The molecule has 4 rings (SSSR count). The molecule has 2 fully saturated rings. The van der Waals surface area contributed by atoms with E-state index in [1.807, 2.05) is 55.1 Å². The van der Waals surface area contributed by atoms with Crippen molar-refractivity contribution in [1.82, 2.24) is 14.7 Å². The lowest BCUT2D eigenvalue weighted by Crippen LogP contribution is -2.60. The highest BCUT2D eigenvalue weighted by molar-refractivity contribution is 6.07. The van der Waals surface area contributed by atoms with E-state index in [1.54, 1.807) is 19.2 Å². The van der Waals surface area contributed by atoms with Crippen LogP contribution >= 0.6 is 0 Å². The van der Waals surface area contributed by atoms with Crippen LogP contribution in [0.15, 0.2) is 48.5 Å². The molecule has 0 saturated carbocycles. The molecule has 1 unspecified atom stereocenters. The van der Waals surface area contributed by atoms with E-state index >= 15 is 0 Å². The molecule has 0 aliphatic carbocycles. The lowest BCUT2D eigenvalue weighted by Gasteiger charge is -2.43. The van der Waals surface area contributed by atoms with E-state index in [9.17, 15) is 14.4 Å². The maximum atomic E-state index is 13.9. The zero-order chi connectivity index (χ0) is 27.3. The Morgan fingerprint density at radius 2 is 1.68 bits per heavy atom. The van der Waals surface area contributed by atoms with Gasteiger partial charge < -0.3 is 19.5 Å². The first-order chi connectivity index (χ1) is 18.2. The Hall–Kier alpha value is -3.59. The normalized spacial score (nSPS) is 20.0. The standard InChI is InChI=1S/C29H37N3O6/c1-21(2)17-31-27(35)29(32(28(31)36)16-13-22-5-9-24(37-3)10-6-22)14-4-15-30(20-29)18-23-7-11-25(12-8-23)38-19-26(33)34/h5-12,21H,4,13-20H2,1-3H3,(H,33,34). The molecule has 3 amide bonds. The number of nitrogens with zero attached hydrogens (tertiary/aromatic N) is 3. The van der Waals surface area contributed by atoms with Crippen LogP contribution in [0.25, 0.3) is 0 Å². The topological polar surface area (TPSA) is 99.6 Å². The number of likely N-dealkylation sites (tertiary alicyclic amines) is 1. The summed E-state index contributed by atoms with van der Waals surface area (Å²) in [5.41, 5.74) is 1.24. The van der Waals surface area contributed by atoms with Gasteiger partial charge in [0.05, 0.1) is 7.11 Å². The molecule has 1 N–H and O–H groups in total. The summed E-state index contributed by atoms with van der Waals surface area (Å²) < 4.78 is 10.5. The van der Waals surface area contributed by atoms with Gasteiger partial charge in [0, 0.05) is 26.2 Å². The zero-order valence-corrected chi connectivity index (χ0v) is 22.4. The van der Waals surface area contributed by atoms with E-state index in [1.165, 1.54) is 4.90 Å². The second kappa shape index (κ2) is 11.9. The molecule has 2 aromatic rings. The molecule has 2 aliphatic heterocycles. The third-order valence-electron chi connectivity index (χ3n) is 7.19. The maximum Gasteiger partial charge on any atom is 0.341 e. The van der Waals surface area contributed by atoms with Crippen LogP contribution in [0.2, 0.25) is 0 Å². The summed E-state index contributed by atoms with van der Waals surface area (Å²) in [6.07, 6.45) is 2.11. The fourth-order valence-electron chi connectivity index (χ4n) is 5.40. The van der Waals surface area contributed by atoms with Crippen LogP contribution in [-0.4, -0.2) is 83.1 Å². The van der Waals surface area contributed by atoms with Gasteiger partial charge in [0.15, 0.2) is 6.61 Å². The van der Waals surface area contributed by atoms with E-state index in [2.05, 4.69) is 4.90 Å². The monoisotopic (exact) mass is 523 g/mol. The van der Waals surface area contributed by atoms with Gasteiger partial charge in [-0.05, 0) is 67.1 Å². The van der Waals surface area contributed by atoms with Crippen molar-refractivity contribution in [2.24, 2.45) is 5.92 Å². The van der Waals surface area contributed by atoms with Gasteiger partial charge in [-0.3, -0.25) is 14.6 Å². The predicted molar refractivity (Wildman–Crippen MR) is 142 cm³/mol. The molecule has 9 heteroatoms. The lowest BCUT2D eigenvalue weighted by molar-refractivity contribution is -0.139. The van der Waals surface area contributed by atoms with Gasteiger partial charge in [-0.15, -0.1) is 0 Å². The highest BCUT2D eigenvalue weighted by Crippen LogP contribution is 2.37. The Morgan fingerprint density at radius 1 is 1.03 bits per heavy atom. The van der Waals surface area contributed by atoms with Crippen LogP contribution < -0.4 is 9.47 Å². The molecule has 9 nitrogen and oxygen atoms in total. The summed E-state index contributed by atoms with van der Waals surface area (Å²) in [5, 5.41) is 8.80. The first-order valence-electron chi connectivity index (χ1n) is 13.1. The van der Waals surface area contributed by atoms with Crippen LogP contribution in [0.1, 0.15) is 37.8 Å². The largest absolute Gasteiger partial charge is 0.497 e. The van der Waals surface area contributed by atoms with Crippen molar-refractivity contribution in [2.75, 3.05) is 39.9 Å². The van der Waals surface area contributed by atoms with E-state index < -0.39 is 11.5 Å². The third kappa shape index (κ3) is 6.10.